The Balaban J connectivity index is 1.39. The first-order valence-electron chi connectivity index (χ1n) is 9.19. The highest BCUT2D eigenvalue weighted by Gasteiger charge is 2.22. The Hall–Kier alpha value is -2.82. The third-order valence-corrected chi connectivity index (χ3v) is 5.00. The van der Waals surface area contributed by atoms with Crippen LogP contribution in [0.5, 0.6) is 5.75 Å². The zero-order valence-corrected chi connectivity index (χ0v) is 15.0. The summed E-state index contributed by atoms with van der Waals surface area (Å²) >= 11 is 0. The van der Waals surface area contributed by atoms with Crippen molar-refractivity contribution in [1.29, 1.82) is 0 Å². The van der Waals surface area contributed by atoms with Crippen molar-refractivity contribution in [1.82, 2.24) is 14.3 Å². The molecule has 0 bridgehead atoms. The fourth-order valence-electron chi connectivity index (χ4n) is 3.46. The van der Waals surface area contributed by atoms with Crippen LogP contribution in [0.2, 0.25) is 0 Å². The lowest BCUT2D eigenvalue weighted by Gasteiger charge is -2.32. The molecule has 0 aliphatic carbocycles. The van der Waals surface area contributed by atoms with Crippen molar-refractivity contribution in [2.24, 2.45) is 0 Å². The molecule has 4 rings (SSSR count). The molecule has 1 aliphatic heterocycles. The van der Waals surface area contributed by atoms with Crippen LogP contribution in [0.3, 0.4) is 0 Å². The SMILES string of the molecule is CCC(=O)N1CCC(Oc2ccc(-c3ccc4cncn4c3)cc2)CC1. The van der Waals surface area contributed by atoms with Crippen LogP contribution in [-0.4, -0.2) is 39.4 Å². The van der Waals surface area contributed by atoms with Gasteiger partial charge in [0.25, 0.3) is 0 Å². The van der Waals surface area contributed by atoms with Crippen molar-refractivity contribution in [3.8, 4) is 16.9 Å². The van der Waals surface area contributed by atoms with Gasteiger partial charge < -0.3 is 14.0 Å². The third-order valence-electron chi connectivity index (χ3n) is 5.00. The topological polar surface area (TPSA) is 46.8 Å². The van der Waals surface area contributed by atoms with Gasteiger partial charge in [-0.25, -0.2) is 4.98 Å². The van der Waals surface area contributed by atoms with Gasteiger partial charge in [0.1, 0.15) is 11.9 Å². The maximum absolute atomic E-state index is 11.7. The lowest BCUT2D eigenvalue weighted by Crippen LogP contribution is -2.41. The Morgan fingerprint density at radius 2 is 1.85 bits per heavy atom. The predicted molar refractivity (Wildman–Crippen MR) is 101 cm³/mol. The number of benzene rings is 1. The molecule has 0 atom stereocenters. The van der Waals surface area contributed by atoms with Crippen molar-refractivity contribution >= 4 is 11.4 Å². The summed E-state index contributed by atoms with van der Waals surface area (Å²) in [4.78, 5) is 17.8. The molecule has 0 saturated carbocycles. The van der Waals surface area contributed by atoms with E-state index < -0.39 is 0 Å². The Morgan fingerprint density at radius 3 is 2.58 bits per heavy atom. The summed E-state index contributed by atoms with van der Waals surface area (Å²) in [5.41, 5.74) is 3.38. The van der Waals surface area contributed by atoms with Gasteiger partial charge in [0.05, 0.1) is 18.0 Å². The van der Waals surface area contributed by atoms with Crippen LogP contribution in [0.4, 0.5) is 0 Å². The standard InChI is InChI=1S/C21H23N3O2/c1-2-21(25)23-11-9-20(10-12-23)26-19-7-4-16(5-8-19)17-3-6-18-13-22-15-24(18)14-17/h3-8,13-15,20H,2,9-12H2,1H3. The molecular formula is C21H23N3O2. The summed E-state index contributed by atoms with van der Waals surface area (Å²) < 4.78 is 8.13. The number of amides is 1. The molecule has 1 amide bonds. The number of likely N-dealkylation sites (tertiary alicyclic amines) is 1. The van der Waals surface area contributed by atoms with Crippen molar-refractivity contribution in [2.75, 3.05) is 13.1 Å². The van der Waals surface area contributed by atoms with E-state index in [-0.39, 0.29) is 12.0 Å². The van der Waals surface area contributed by atoms with E-state index >= 15 is 0 Å². The molecule has 1 saturated heterocycles. The molecule has 0 unspecified atom stereocenters. The highest BCUT2D eigenvalue weighted by atomic mass is 16.5. The molecule has 2 aromatic heterocycles. The number of hydrogen-bond acceptors (Lipinski definition) is 3. The fraction of sp³-hybridized carbons (Fsp3) is 0.333. The number of nitrogens with zero attached hydrogens (tertiary/aromatic N) is 3. The Bertz CT molecular complexity index is 893. The normalized spacial score (nSPS) is 15.3. The fourth-order valence-corrected chi connectivity index (χ4v) is 3.46. The van der Waals surface area contributed by atoms with Crippen LogP contribution in [0.1, 0.15) is 26.2 Å². The first-order valence-corrected chi connectivity index (χ1v) is 9.19. The van der Waals surface area contributed by atoms with E-state index in [4.69, 9.17) is 4.74 Å². The van der Waals surface area contributed by atoms with Gasteiger partial charge in [-0.3, -0.25) is 4.79 Å². The molecular weight excluding hydrogens is 326 g/mol. The van der Waals surface area contributed by atoms with E-state index in [9.17, 15) is 4.79 Å². The predicted octanol–water partition coefficient (Wildman–Crippen LogP) is 3.78. The van der Waals surface area contributed by atoms with Crippen molar-refractivity contribution in [2.45, 2.75) is 32.3 Å². The second kappa shape index (κ2) is 7.20. The quantitative estimate of drug-likeness (QED) is 0.720. The average molecular weight is 349 g/mol. The Kier molecular flexibility index (Phi) is 4.61. The molecule has 134 valence electrons. The molecule has 1 fully saturated rings. The maximum atomic E-state index is 11.7. The van der Waals surface area contributed by atoms with Crippen LogP contribution in [0, 0.1) is 0 Å². The first kappa shape index (κ1) is 16.6. The van der Waals surface area contributed by atoms with E-state index in [1.54, 1.807) is 0 Å². The van der Waals surface area contributed by atoms with Gasteiger partial charge in [-0.2, -0.15) is 0 Å². The third kappa shape index (κ3) is 3.43. The van der Waals surface area contributed by atoms with Crippen LogP contribution in [0.25, 0.3) is 16.6 Å². The van der Waals surface area contributed by atoms with Crippen LogP contribution >= 0.6 is 0 Å². The zero-order valence-electron chi connectivity index (χ0n) is 15.0. The first-order chi connectivity index (χ1) is 12.7. The number of hydrogen-bond donors (Lipinski definition) is 0. The molecule has 0 N–H and O–H groups in total. The minimum Gasteiger partial charge on any atom is -0.490 e. The van der Waals surface area contributed by atoms with Crippen molar-refractivity contribution in [3.05, 3.63) is 55.1 Å². The number of imidazole rings is 1. The largest absolute Gasteiger partial charge is 0.490 e. The van der Waals surface area contributed by atoms with Crippen molar-refractivity contribution < 1.29 is 9.53 Å². The summed E-state index contributed by atoms with van der Waals surface area (Å²) in [5.74, 6) is 1.13. The smallest absolute Gasteiger partial charge is 0.222 e. The molecule has 3 aromatic rings. The summed E-state index contributed by atoms with van der Waals surface area (Å²) in [5, 5.41) is 0. The second-order valence-corrected chi connectivity index (χ2v) is 6.72. The lowest BCUT2D eigenvalue weighted by molar-refractivity contribution is -0.132. The molecule has 0 spiro atoms. The number of pyridine rings is 1. The van der Waals surface area contributed by atoms with Crippen LogP contribution < -0.4 is 4.74 Å². The van der Waals surface area contributed by atoms with Gasteiger partial charge >= 0.3 is 0 Å². The number of fused-ring (bicyclic) bond motifs is 1. The average Bonchev–Trinajstić information content (AvgIpc) is 3.16. The summed E-state index contributed by atoms with van der Waals surface area (Å²) in [6.07, 6.45) is 8.29. The van der Waals surface area contributed by atoms with Crippen LogP contribution in [0.15, 0.2) is 55.1 Å². The second-order valence-electron chi connectivity index (χ2n) is 6.72. The molecule has 5 heteroatoms. The van der Waals surface area contributed by atoms with Crippen molar-refractivity contribution in [3.63, 3.8) is 0 Å². The molecule has 1 aliphatic rings. The number of ether oxygens (including phenoxy) is 1. The zero-order chi connectivity index (χ0) is 17.9. The number of carbonyl (C=O) groups is 1. The Morgan fingerprint density at radius 1 is 1.12 bits per heavy atom. The number of aromatic nitrogens is 2. The van der Waals surface area contributed by atoms with Gasteiger partial charge in [0, 0.05) is 38.5 Å². The van der Waals surface area contributed by atoms with Gasteiger partial charge in [-0.15, -0.1) is 0 Å². The highest BCUT2D eigenvalue weighted by Crippen LogP contribution is 2.25. The van der Waals surface area contributed by atoms with E-state index in [1.165, 1.54) is 0 Å². The number of rotatable bonds is 4. The van der Waals surface area contributed by atoms with Gasteiger partial charge in [0.15, 0.2) is 0 Å². The van der Waals surface area contributed by atoms with E-state index in [0.717, 1.165) is 48.3 Å². The minimum atomic E-state index is 0.184. The minimum absolute atomic E-state index is 0.184. The van der Waals surface area contributed by atoms with E-state index in [2.05, 4.69) is 35.4 Å². The van der Waals surface area contributed by atoms with Gasteiger partial charge in [-0.05, 0) is 29.3 Å². The molecule has 26 heavy (non-hydrogen) atoms. The Labute approximate surface area is 153 Å². The summed E-state index contributed by atoms with van der Waals surface area (Å²) in [6.45, 7) is 3.50. The van der Waals surface area contributed by atoms with E-state index in [0.29, 0.717) is 6.42 Å². The molecule has 5 nitrogen and oxygen atoms in total. The van der Waals surface area contributed by atoms with Crippen LogP contribution in [-0.2, 0) is 4.79 Å². The molecule has 0 radical (unpaired) electrons. The number of carbonyl (C=O) groups excluding carboxylic acids is 1. The molecule has 3 heterocycles. The maximum Gasteiger partial charge on any atom is 0.222 e. The van der Waals surface area contributed by atoms with E-state index in [1.807, 2.05) is 40.9 Å². The van der Waals surface area contributed by atoms with Gasteiger partial charge in [-0.1, -0.05) is 25.1 Å². The summed E-state index contributed by atoms with van der Waals surface area (Å²) in [7, 11) is 0. The lowest BCUT2D eigenvalue weighted by atomic mass is 10.1. The molecule has 1 aromatic carbocycles. The number of piperidine rings is 1. The van der Waals surface area contributed by atoms with Gasteiger partial charge in [0.2, 0.25) is 5.91 Å². The summed E-state index contributed by atoms with van der Waals surface area (Å²) in [6, 6.07) is 12.4. The highest BCUT2D eigenvalue weighted by molar-refractivity contribution is 5.75. The monoisotopic (exact) mass is 349 g/mol.